The molecule has 1 aromatic carbocycles. The Kier molecular flexibility index (Phi) is 2.64. The number of aromatic nitrogens is 2. The van der Waals surface area contributed by atoms with E-state index in [-0.39, 0.29) is 5.92 Å². The van der Waals surface area contributed by atoms with Crippen molar-refractivity contribution in [2.24, 2.45) is 0 Å². The topological polar surface area (TPSA) is 64.9 Å². The highest BCUT2D eigenvalue weighted by atomic mass is 16.4. The van der Waals surface area contributed by atoms with E-state index in [4.69, 9.17) is 10.2 Å². The van der Waals surface area contributed by atoms with E-state index in [2.05, 4.69) is 10.2 Å². The number of aryl methyl sites for hydroxylation is 1. The minimum atomic E-state index is 0.228. The van der Waals surface area contributed by atoms with Crippen LogP contribution in [0.5, 0.6) is 0 Å². The zero-order chi connectivity index (χ0) is 11.7. The first kappa shape index (κ1) is 10.7. The van der Waals surface area contributed by atoms with Crippen LogP contribution in [0.1, 0.15) is 31.2 Å². The zero-order valence-electron chi connectivity index (χ0n) is 9.69. The van der Waals surface area contributed by atoms with Gasteiger partial charge in [-0.15, -0.1) is 10.2 Å². The molecule has 0 radical (unpaired) electrons. The van der Waals surface area contributed by atoms with Gasteiger partial charge in [0.2, 0.25) is 11.8 Å². The maximum absolute atomic E-state index is 5.91. The molecule has 0 atom stereocenters. The third-order valence-electron chi connectivity index (χ3n) is 2.45. The van der Waals surface area contributed by atoms with Crippen LogP contribution in [-0.2, 0) is 0 Å². The van der Waals surface area contributed by atoms with Crippen LogP contribution in [0.4, 0.5) is 5.69 Å². The van der Waals surface area contributed by atoms with Gasteiger partial charge < -0.3 is 10.2 Å². The molecule has 0 aliphatic carbocycles. The average molecular weight is 217 g/mol. The lowest BCUT2D eigenvalue weighted by Crippen LogP contribution is -1.92. The third-order valence-corrected chi connectivity index (χ3v) is 2.45. The Morgan fingerprint density at radius 2 is 2.00 bits per heavy atom. The summed E-state index contributed by atoms with van der Waals surface area (Å²) >= 11 is 0. The minimum Gasteiger partial charge on any atom is -0.420 e. The van der Waals surface area contributed by atoms with E-state index < -0.39 is 0 Å². The molecular formula is C12H15N3O. The molecule has 1 heterocycles. The predicted octanol–water partition coefficient (Wildman–Crippen LogP) is 2.75. The van der Waals surface area contributed by atoms with Crippen molar-refractivity contribution < 1.29 is 4.42 Å². The number of anilines is 1. The molecule has 2 aromatic rings. The van der Waals surface area contributed by atoms with Crippen LogP contribution in [0.2, 0.25) is 0 Å². The summed E-state index contributed by atoms with van der Waals surface area (Å²) in [6, 6.07) is 5.72. The fraction of sp³-hybridized carbons (Fsp3) is 0.333. The van der Waals surface area contributed by atoms with Crippen LogP contribution in [0.25, 0.3) is 11.5 Å². The van der Waals surface area contributed by atoms with Crippen molar-refractivity contribution in [3.05, 3.63) is 29.7 Å². The summed E-state index contributed by atoms with van der Waals surface area (Å²) in [5.41, 5.74) is 8.45. The standard InChI is InChI=1S/C12H15N3O/c1-7(2)11-14-15-12(16-11)10-8(3)5-4-6-9(10)13/h4-7H,13H2,1-3H3. The quantitative estimate of drug-likeness (QED) is 0.785. The summed E-state index contributed by atoms with van der Waals surface area (Å²) in [4.78, 5) is 0. The van der Waals surface area contributed by atoms with Crippen molar-refractivity contribution in [1.29, 1.82) is 0 Å². The van der Waals surface area contributed by atoms with E-state index in [9.17, 15) is 0 Å². The van der Waals surface area contributed by atoms with E-state index in [1.54, 1.807) is 0 Å². The van der Waals surface area contributed by atoms with Crippen molar-refractivity contribution in [2.75, 3.05) is 5.73 Å². The molecule has 4 heteroatoms. The van der Waals surface area contributed by atoms with Crippen molar-refractivity contribution in [3.63, 3.8) is 0 Å². The monoisotopic (exact) mass is 217 g/mol. The highest BCUT2D eigenvalue weighted by molar-refractivity contribution is 5.73. The first-order valence-electron chi connectivity index (χ1n) is 5.28. The highest BCUT2D eigenvalue weighted by Crippen LogP contribution is 2.29. The second kappa shape index (κ2) is 3.96. The number of rotatable bonds is 2. The minimum absolute atomic E-state index is 0.228. The van der Waals surface area contributed by atoms with Gasteiger partial charge >= 0.3 is 0 Å². The fourth-order valence-electron chi connectivity index (χ4n) is 1.55. The Balaban J connectivity index is 2.50. The maximum atomic E-state index is 5.91. The van der Waals surface area contributed by atoms with Crippen molar-refractivity contribution in [2.45, 2.75) is 26.7 Å². The molecule has 0 saturated heterocycles. The van der Waals surface area contributed by atoms with E-state index in [1.807, 2.05) is 39.0 Å². The molecule has 0 aliphatic heterocycles. The Labute approximate surface area is 94.5 Å². The number of nitrogens with zero attached hydrogens (tertiary/aromatic N) is 2. The molecule has 0 fully saturated rings. The van der Waals surface area contributed by atoms with E-state index >= 15 is 0 Å². The molecule has 0 bridgehead atoms. The average Bonchev–Trinajstić information content (AvgIpc) is 2.66. The molecule has 84 valence electrons. The SMILES string of the molecule is Cc1cccc(N)c1-c1nnc(C(C)C)o1. The van der Waals surface area contributed by atoms with Gasteiger partial charge in [-0.3, -0.25) is 0 Å². The molecular weight excluding hydrogens is 202 g/mol. The lowest BCUT2D eigenvalue weighted by molar-refractivity contribution is 0.481. The number of benzene rings is 1. The van der Waals surface area contributed by atoms with Gasteiger partial charge in [0, 0.05) is 11.6 Å². The second-order valence-corrected chi connectivity index (χ2v) is 4.14. The summed E-state index contributed by atoms with van der Waals surface area (Å²) in [7, 11) is 0. The van der Waals surface area contributed by atoms with Crippen molar-refractivity contribution >= 4 is 5.69 Å². The second-order valence-electron chi connectivity index (χ2n) is 4.14. The Morgan fingerprint density at radius 1 is 1.25 bits per heavy atom. The van der Waals surface area contributed by atoms with Gasteiger partial charge in [-0.25, -0.2) is 0 Å². The summed E-state index contributed by atoms with van der Waals surface area (Å²) < 4.78 is 5.59. The Hall–Kier alpha value is -1.84. The molecule has 0 amide bonds. The molecule has 0 spiro atoms. The Bertz CT molecular complexity index is 482. The van der Waals surface area contributed by atoms with Gasteiger partial charge in [-0.1, -0.05) is 26.0 Å². The molecule has 0 aliphatic rings. The number of hydrogen-bond donors (Lipinski definition) is 1. The van der Waals surface area contributed by atoms with Crippen LogP contribution in [0.15, 0.2) is 22.6 Å². The van der Waals surface area contributed by atoms with Gasteiger partial charge in [0.25, 0.3) is 0 Å². The first-order chi connectivity index (χ1) is 7.59. The predicted molar refractivity (Wildman–Crippen MR) is 63.0 cm³/mol. The first-order valence-corrected chi connectivity index (χ1v) is 5.28. The largest absolute Gasteiger partial charge is 0.420 e. The molecule has 2 rings (SSSR count). The molecule has 16 heavy (non-hydrogen) atoms. The van der Waals surface area contributed by atoms with Crippen LogP contribution in [0.3, 0.4) is 0 Å². The molecule has 2 N–H and O–H groups in total. The van der Waals surface area contributed by atoms with Gasteiger partial charge in [-0.2, -0.15) is 0 Å². The third kappa shape index (κ3) is 1.78. The van der Waals surface area contributed by atoms with E-state index in [0.717, 1.165) is 11.1 Å². The normalized spacial score (nSPS) is 11.0. The molecule has 0 unspecified atom stereocenters. The van der Waals surface area contributed by atoms with Crippen molar-refractivity contribution in [1.82, 2.24) is 10.2 Å². The van der Waals surface area contributed by atoms with Crippen LogP contribution >= 0.6 is 0 Å². The molecule has 4 nitrogen and oxygen atoms in total. The van der Waals surface area contributed by atoms with E-state index in [0.29, 0.717) is 17.5 Å². The smallest absolute Gasteiger partial charge is 0.250 e. The summed E-state index contributed by atoms with van der Waals surface area (Å²) in [5.74, 6) is 1.36. The fourth-order valence-corrected chi connectivity index (χ4v) is 1.55. The lowest BCUT2D eigenvalue weighted by atomic mass is 10.1. The molecule has 1 aromatic heterocycles. The van der Waals surface area contributed by atoms with Crippen molar-refractivity contribution in [3.8, 4) is 11.5 Å². The van der Waals surface area contributed by atoms with Gasteiger partial charge in [0.1, 0.15) is 0 Å². The highest BCUT2D eigenvalue weighted by Gasteiger charge is 2.15. The molecule has 0 saturated carbocycles. The Morgan fingerprint density at radius 3 is 2.56 bits per heavy atom. The van der Waals surface area contributed by atoms with Crippen LogP contribution in [0, 0.1) is 6.92 Å². The van der Waals surface area contributed by atoms with E-state index in [1.165, 1.54) is 0 Å². The summed E-state index contributed by atoms with van der Waals surface area (Å²) in [6.07, 6.45) is 0. The van der Waals surface area contributed by atoms with Gasteiger partial charge in [0.05, 0.1) is 5.56 Å². The van der Waals surface area contributed by atoms with Gasteiger partial charge in [0.15, 0.2) is 0 Å². The summed E-state index contributed by atoms with van der Waals surface area (Å²) in [5, 5.41) is 8.03. The van der Waals surface area contributed by atoms with Crippen LogP contribution < -0.4 is 5.73 Å². The van der Waals surface area contributed by atoms with Crippen LogP contribution in [-0.4, -0.2) is 10.2 Å². The number of hydrogen-bond acceptors (Lipinski definition) is 4. The zero-order valence-corrected chi connectivity index (χ0v) is 9.69. The summed E-state index contributed by atoms with van der Waals surface area (Å²) in [6.45, 7) is 6.00. The maximum Gasteiger partial charge on any atom is 0.250 e. The number of nitrogens with two attached hydrogens (primary N) is 1. The number of nitrogen functional groups attached to an aromatic ring is 1. The lowest BCUT2D eigenvalue weighted by Gasteiger charge is -2.04. The van der Waals surface area contributed by atoms with Gasteiger partial charge in [-0.05, 0) is 18.6 Å².